The van der Waals surface area contributed by atoms with E-state index in [4.69, 9.17) is 77.8 Å². The van der Waals surface area contributed by atoms with Crippen molar-refractivity contribution in [2.24, 2.45) is 11.5 Å². The lowest BCUT2D eigenvalue weighted by Gasteiger charge is -2.50. The van der Waals surface area contributed by atoms with Crippen molar-refractivity contribution < 1.29 is 183 Å². The number of hydrogen-bond acceptors (Lipinski definition) is 39. The number of rotatable bonds is 15. The molecule has 21 saturated heterocycles. The van der Waals surface area contributed by atoms with Crippen LogP contribution in [0.25, 0.3) is 0 Å². The molecule has 89 heavy (non-hydrogen) atoms. The molecule has 0 saturated carbocycles. The quantitative estimate of drug-likeness (QED) is 0.0724. The lowest BCUT2D eigenvalue weighted by atomic mass is 9.95. The number of thioether (sulfide) groups is 2. The average Bonchev–Trinajstić information content (AvgIpc) is 0.983. The number of aliphatic hydroxyl groups is 19. The second kappa shape index (κ2) is 31.9. The second-order valence-corrected chi connectivity index (χ2v) is 24.4. The Balaban J connectivity index is 1.11. The van der Waals surface area contributed by atoms with E-state index in [0.29, 0.717) is 0 Å². The fourth-order valence-corrected chi connectivity index (χ4v) is 13.2. The molecule has 21 aliphatic rings. The summed E-state index contributed by atoms with van der Waals surface area (Å²) >= 11 is 1.60. The molecular weight excluding hydrogens is 1260 g/mol. The third-order valence-corrected chi connectivity index (χ3v) is 18.5. The van der Waals surface area contributed by atoms with Gasteiger partial charge in [-0.2, -0.15) is 23.5 Å². The Bertz CT molecular complexity index is 2200. The molecule has 0 radical (unpaired) electrons. The lowest BCUT2D eigenvalue weighted by Crippen LogP contribution is -2.68. The highest BCUT2D eigenvalue weighted by atomic mass is 32.2. The number of hydrogen-bond donors (Lipinski definition) is 23. The van der Waals surface area contributed by atoms with E-state index in [9.17, 15) is 117 Å². The highest BCUT2D eigenvalue weighted by Gasteiger charge is 2.60. The summed E-state index contributed by atoms with van der Waals surface area (Å²) in [4.78, 5) is 23.2. The van der Waals surface area contributed by atoms with E-state index in [1.54, 1.807) is 0 Å². The molecule has 21 fully saturated rings. The average molecular weight is 1340 g/mol. The van der Waals surface area contributed by atoms with Gasteiger partial charge in [-0.05, 0) is 0 Å². The molecule has 25 N–H and O–H groups in total. The van der Waals surface area contributed by atoms with Crippen molar-refractivity contribution in [1.29, 1.82) is 0 Å². The molecule has 0 spiro atoms. The number of carboxylic acid groups (broad SMARTS) is 2. The Morgan fingerprint density at radius 3 is 0.596 bits per heavy atom. The number of ether oxygens (including phenoxy) is 14. The maximum absolute atomic E-state index is 11.7. The van der Waals surface area contributed by atoms with Gasteiger partial charge in [-0.3, -0.25) is 9.59 Å². The molecule has 0 aromatic heterocycles. The first-order valence-electron chi connectivity index (χ1n) is 28.1. The molecule has 21 heterocycles. The van der Waals surface area contributed by atoms with Gasteiger partial charge < -0.3 is 185 Å². The molecule has 0 aliphatic carbocycles. The van der Waals surface area contributed by atoms with Gasteiger partial charge in [0.25, 0.3) is 0 Å². The molecular formula is C48H80N2O37S2. The minimum Gasteiger partial charge on any atom is -0.480 e. The van der Waals surface area contributed by atoms with Crippen molar-refractivity contribution in [2.75, 3.05) is 56.0 Å². The molecule has 41 heteroatoms. The maximum Gasteiger partial charge on any atom is 0.321 e. The van der Waals surface area contributed by atoms with Crippen molar-refractivity contribution in [3.05, 3.63) is 0 Å². The van der Waals surface area contributed by atoms with E-state index in [1.165, 1.54) is 0 Å². The van der Waals surface area contributed by atoms with Crippen LogP contribution in [0.1, 0.15) is 0 Å². The monoisotopic (exact) mass is 1340 g/mol. The molecule has 516 valence electrons. The summed E-state index contributed by atoms with van der Waals surface area (Å²) < 4.78 is 81.6. The molecule has 14 bridgehead atoms. The summed E-state index contributed by atoms with van der Waals surface area (Å²) in [6, 6.07) is -2.94. The minimum atomic E-state index is -2.27. The molecule has 0 aromatic carbocycles. The number of carboxylic acids is 2. The van der Waals surface area contributed by atoms with E-state index in [1.807, 2.05) is 0 Å². The number of carbonyl (C=O) groups is 2. The summed E-state index contributed by atoms with van der Waals surface area (Å²) in [5.41, 5.74) is 11.4. The van der Waals surface area contributed by atoms with Crippen LogP contribution in [0.3, 0.4) is 0 Å². The van der Waals surface area contributed by atoms with Crippen LogP contribution in [0.5, 0.6) is 0 Å². The predicted octanol–water partition coefficient (Wildman–Crippen LogP) is -14.9. The van der Waals surface area contributed by atoms with Crippen LogP contribution in [0.2, 0.25) is 0 Å². The second-order valence-electron chi connectivity index (χ2n) is 22.3. The summed E-state index contributed by atoms with van der Waals surface area (Å²) in [6.45, 7) is -5.43. The largest absolute Gasteiger partial charge is 0.480 e. The standard InChI is InChI=1S/C48H80N2O37S2/c49-10(40(70)71)6-88-8-17-38-25(62)32(69)48(80-17)85-37-16(5-55)76-44(28(65)21(37)58)83-35-14(3-53)78-46(30(67)23(35)60)87-39-18(9-89-7-11(50)41(72)73)79-47(31(68)24(39)61)84-36-15(4-54)75-43(27(64)20(36)57)81-33-12(1-51)74-42(26(63)19(33)56)82-34-13(2-52)77-45(86-38)29(66)22(34)59/h10-39,42-48,51-69H,1-9,49-50H2,(H,70,71)(H,72,73)/t10?,11?,12?,13?,14?,15?,16?,17?,18?,19-,20-,21-,22-,23-,24-,25-,26?,27?,28?,29?,30?,31?,32?,33-,34-,35-,36-,37-,38-,39-,42-,43-,44+,45+,46+,47+,48-/m1/s1. The van der Waals surface area contributed by atoms with Crippen molar-refractivity contribution in [1.82, 2.24) is 0 Å². The van der Waals surface area contributed by atoms with Gasteiger partial charge in [-0.25, -0.2) is 0 Å². The van der Waals surface area contributed by atoms with E-state index in [2.05, 4.69) is 0 Å². The van der Waals surface area contributed by atoms with Crippen molar-refractivity contribution >= 4 is 35.5 Å². The van der Waals surface area contributed by atoms with Crippen LogP contribution in [-0.4, -0.2) is 402 Å². The van der Waals surface area contributed by atoms with Crippen molar-refractivity contribution in [3.8, 4) is 0 Å². The highest BCUT2D eigenvalue weighted by molar-refractivity contribution is 7.99. The first kappa shape index (κ1) is 73.1. The molecule has 21 rings (SSSR count). The zero-order chi connectivity index (χ0) is 65.2. The van der Waals surface area contributed by atoms with Gasteiger partial charge in [-0.15, -0.1) is 0 Å². The lowest BCUT2D eigenvalue weighted by molar-refractivity contribution is -0.395. The summed E-state index contributed by atoms with van der Waals surface area (Å²) in [5, 5.41) is 233. The van der Waals surface area contributed by atoms with Gasteiger partial charge in [0.05, 0.1) is 45.2 Å². The van der Waals surface area contributed by atoms with Crippen LogP contribution in [0.15, 0.2) is 0 Å². The zero-order valence-electron chi connectivity index (χ0n) is 46.6. The Morgan fingerprint density at radius 1 is 0.281 bits per heavy atom. The van der Waals surface area contributed by atoms with Crippen LogP contribution in [-0.2, 0) is 75.9 Å². The fraction of sp³-hybridized carbons (Fsp3) is 0.958. The summed E-state index contributed by atoms with van der Waals surface area (Å²) in [5.74, 6) is -4.26. The topological polar surface area (TPSA) is 640 Å². The Labute approximate surface area is 511 Å². The van der Waals surface area contributed by atoms with E-state index in [0.717, 1.165) is 23.5 Å². The van der Waals surface area contributed by atoms with Crippen LogP contribution >= 0.6 is 23.5 Å². The molecule has 0 aromatic rings. The SMILES string of the molecule is NC(CSCC1O[C@@H]2O[C@@H]3C(CO)O[C@@H](O[C@@H]4C(CO)O[C@@H](O[C@@H]5C(CSCC(N)C(=O)O)O[C@@H](O[C@@H]6C(CO)O[C@H](O[C@@H]7C(CO)O[C@H](O[C@@H]8C(CO)O[C@@H](O[C@H]1[C@H](O)C2O)C(O)[C@H]8O)C(O)[C@H]7O)C(O)[C@H]6O)C(O)[C@H]5O)C(O)[C@H]4O)C(O)[C@H]3O)C(=O)O. The predicted molar refractivity (Wildman–Crippen MR) is 280 cm³/mol. The molecule has 0 amide bonds. The van der Waals surface area contributed by atoms with Gasteiger partial charge >= 0.3 is 11.9 Å². The van der Waals surface area contributed by atoms with Crippen molar-refractivity contribution in [3.63, 3.8) is 0 Å². The Morgan fingerprint density at radius 2 is 0.438 bits per heavy atom. The van der Waals surface area contributed by atoms with Gasteiger partial charge in [0.15, 0.2) is 44.0 Å². The first-order chi connectivity index (χ1) is 42.2. The summed E-state index contributed by atoms with van der Waals surface area (Å²) in [7, 11) is 0. The number of nitrogens with two attached hydrogens (primary N) is 2. The minimum absolute atomic E-state index is 0.319. The Hall–Kier alpha value is -1.76. The Kier molecular flexibility index (Phi) is 26.2. The zero-order valence-corrected chi connectivity index (χ0v) is 48.3. The molecule has 37 atom stereocenters. The van der Waals surface area contributed by atoms with E-state index < -0.39 is 284 Å². The van der Waals surface area contributed by atoms with E-state index in [-0.39, 0.29) is 11.5 Å². The molecule has 16 unspecified atom stereocenters. The van der Waals surface area contributed by atoms with Gasteiger partial charge in [0, 0.05) is 23.0 Å². The highest BCUT2D eigenvalue weighted by Crippen LogP contribution is 2.40. The van der Waals surface area contributed by atoms with Gasteiger partial charge in [0.1, 0.15) is 171 Å². The summed E-state index contributed by atoms with van der Waals surface area (Å²) in [6.07, 6.45) is -71.4. The number of aliphatic carboxylic acids is 2. The van der Waals surface area contributed by atoms with E-state index >= 15 is 0 Å². The first-order valence-corrected chi connectivity index (χ1v) is 30.4. The third-order valence-electron chi connectivity index (χ3n) is 16.2. The fourth-order valence-electron chi connectivity index (χ4n) is 11.2. The van der Waals surface area contributed by atoms with Gasteiger partial charge in [0.2, 0.25) is 0 Å². The van der Waals surface area contributed by atoms with Gasteiger partial charge in [-0.1, -0.05) is 0 Å². The number of aliphatic hydroxyl groups excluding tert-OH is 19. The van der Waals surface area contributed by atoms with Crippen LogP contribution in [0, 0.1) is 0 Å². The van der Waals surface area contributed by atoms with Crippen LogP contribution < -0.4 is 11.5 Å². The normalized spacial score (nSPS) is 50.1. The van der Waals surface area contributed by atoms with Crippen LogP contribution in [0.4, 0.5) is 0 Å². The smallest absolute Gasteiger partial charge is 0.321 e. The molecule has 39 nitrogen and oxygen atoms in total. The van der Waals surface area contributed by atoms with Crippen molar-refractivity contribution in [2.45, 2.75) is 227 Å². The maximum atomic E-state index is 11.7. The third kappa shape index (κ3) is 15.9. The molecule has 21 aliphatic heterocycles.